The third kappa shape index (κ3) is 5.48. The van der Waals surface area contributed by atoms with E-state index in [0.717, 1.165) is 67.0 Å². The number of nitrogens with zero attached hydrogens (tertiary/aromatic N) is 3. The number of allylic oxidation sites excluding steroid dienone is 1. The number of likely N-dealkylation sites (tertiary alicyclic amines) is 1. The van der Waals surface area contributed by atoms with Crippen LogP contribution in [-0.2, 0) is 6.54 Å². The number of hydrogen-bond donors (Lipinski definition) is 3. The van der Waals surface area contributed by atoms with Crippen LogP contribution < -0.4 is 16.7 Å². The Labute approximate surface area is 200 Å². The van der Waals surface area contributed by atoms with Gasteiger partial charge >= 0.3 is 5.69 Å². The van der Waals surface area contributed by atoms with Crippen molar-refractivity contribution in [1.82, 2.24) is 19.8 Å². The first kappa shape index (κ1) is 23.6. The average Bonchev–Trinajstić information content (AvgIpc) is 3.15. The zero-order chi connectivity index (χ0) is 24.1. The number of H-pyrrole nitrogens is 1. The molecule has 0 unspecified atom stereocenters. The van der Waals surface area contributed by atoms with Gasteiger partial charge in [0.2, 0.25) is 0 Å². The molecule has 0 radical (unpaired) electrons. The summed E-state index contributed by atoms with van der Waals surface area (Å²) in [5.41, 5.74) is 12.4. The molecule has 0 bridgehead atoms. The van der Waals surface area contributed by atoms with E-state index >= 15 is 0 Å². The van der Waals surface area contributed by atoms with Crippen LogP contribution in [0.15, 0.2) is 76.8 Å². The maximum atomic E-state index is 12.6. The number of aromatic nitrogens is 2. The van der Waals surface area contributed by atoms with Crippen molar-refractivity contribution in [1.29, 1.82) is 0 Å². The van der Waals surface area contributed by atoms with Crippen molar-refractivity contribution in [2.45, 2.75) is 39.3 Å². The normalized spacial score (nSPS) is 15.9. The molecule has 1 aliphatic rings. The molecular formula is C27H34N6O. The minimum Gasteiger partial charge on any atom is -0.399 e. The van der Waals surface area contributed by atoms with E-state index in [2.05, 4.69) is 51.0 Å². The molecule has 7 nitrogen and oxygen atoms in total. The van der Waals surface area contributed by atoms with Gasteiger partial charge in [0.05, 0.1) is 16.7 Å². The molecule has 4 N–H and O–H groups in total. The second-order valence-electron chi connectivity index (χ2n) is 8.86. The van der Waals surface area contributed by atoms with Crippen LogP contribution in [0.3, 0.4) is 0 Å². The molecule has 0 aliphatic carbocycles. The van der Waals surface area contributed by atoms with Gasteiger partial charge in [0.1, 0.15) is 0 Å². The highest BCUT2D eigenvalue weighted by molar-refractivity contribution is 5.99. The Bertz CT molecular complexity index is 1260. The van der Waals surface area contributed by atoms with Gasteiger partial charge in [-0.2, -0.15) is 0 Å². The zero-order valence-electron chi connectivity index (χ0n) is 20.1. The van der Waals surface area contributed by atoms with E-state index in [1.807, 2.05) is 48.9 Å². The number of imidazole rings is 1. The van der Waals surface area contributed by atoms with Gasteiger partial charge in [-0.3, -0.25) is 14.5 Å². The smallest absolute Gasteiger partial charge is 0.326 e. The van der Waals surface area contributed by atoms with E-state index < -0.39 is 0 Å². The lowest BCUT2D eigenvalue weighted by Gasteiger charge is -2.32. The number of hydrogen-bond acceptors (Lipinski definition) is 5. The van der Waals surface area contributed by atoms with Crippen LogP contribution in [0, 0.1) is 0 Å². The monoisotopic (exact) mass is 458 g/mol. The second kappa shape index (κ2) is 10.6. The van der Waals surface area contributed by atoms with Crippen LogP contribution in [0.25, 0.3) is 11.0 Å². The predicted octanol–water partition coefficient (Wildman–Crippen LogP) is 4.19. The van der Waals surface area contributed by atoms with Crippen LogP contribution >= 0.6 is 0 Å². The number of benzene rings is 2. The molecule has 0 spiro atoms. The summed E-state index contributed by atoms with van der Waals surface area (Å²) >= 11 is 0. The third-order valence-electron chi connectivity index (χ3n) is 6.35. The first-order chi connectivity index (χ1) is 16.4. The molecular weight excluding hydrogens is 424 g/mol. The van der Waals surface area contributed by atoms with Crippen LogP contribution in [0.2, 0.25) is 0 Å². The molecule has 7 heteroatoms. The summed E-state index contributed by atoms with van der Waals surface area (Å²) in [4.78, 5) is 22.6. The summed E-state index contributed by atoms with van der Waals surface area (Å²) in [6.45, 7) is 11.7. The van der Waals surface area contributed by atoms with Gasteiger partial charge in [0.25, 0.3) is 0 Å². The van der Waals surface area contributed by atoms with E-state index in [1.54, 1.807) is 0 Å². The van der Waals surface area contributed by atoms with Crippen LogP contribution in [0.1, 0.15) is 43.9 Å². The quantitative estimate of drug-likeness (QED) is 0.268. The number of nitrogen functional groups attached to an aromatic ring is 1. The topological polar surface area (TPSA) is 91.4 Å². The highest BCUT2D eigenvalue weighted by Crippen LogP contribution is 2.26. The molecule has 1 aromatic heterocycles. The molecule has 178 valence electrons. The first-order valence-electron chi connectivity index (χ1n) is 11.9. The predicted molar refractivity (Wildman–Crippen MR) is 141 cm³/mol. The molecule has 0 amide bonds. The van der Waals surface area contributed by atoms with E-state index in [9.17, 15) is 4.79 Å². The lowest BCUT2D eigenvalue weighted by molar-refractivity contribution is 0.180. The van der Waals surface area contributed by atoms with Crippen molar-refractivity contribution < 1.29 is 0 Å². The Hall–Kier alpha value is -3.58. The summed E-state index contributed by atoms with van der Waals surface area (Å²) < 4.78 is 1.89. The average molecular weight is 459 g/mol. The number of nitrogens with one attached hydrogen (secondary N) is 2. The number of aliphatic imine (C=N–C) groups is 1. The number of fused-ring (bicyclic) bond motifs is 1. The Kier molecular flexibility index (Phi) is 7.33. The number of rotatable bonds is 8. The number of aromatic amines is 1. The maximum Gasteiger partial charge on any atom is 0.326 e. The van der Waals surface area contributed by atoms with Gasteiger partial charge in [0.15, 0.2) is 0 Å². The Balaban J connectivity index is 1.35. The molecule has 2 aromatic carbocycles. The Morgan fingerprint density at radius 1 is 1.24 bits per heavy atom. The van der Waals surface area contributed by atoms with Gasteiger partial charge < -0.3 is 16.0 Å². The van der Waals surface area contributed by atoms with Crippen LogP contribution in [-0.4, -0.2) is 39.8 Å². The Morgan fingerprint density at radius 2 is 1.97 bits per heavy atom. The van der Waals surface area contributed by atoms with E-state index in [1.165, 1.54) is 5.56 Å². The first-order valence-corrected chi connectivity index (χ1v) is 11.9. The van der Waals surface area contributed by atoms with E-state index in [0.29, 0.717) is 5.69 Å². The van der Waals surface area contributed by atoms with Crippen molar-refractivity contribution in [2.24, 2.45) is 4.99 Å². The van der Waals surface area contributed by atoms with Gasteiger partial charge in [-0.05, 0) is 68.3 Å². The fourth-order valence-electron chi connectivity index (χ4n) is 4.54. The van der Waals surface area contributed by atoms with Crippen molar-refractivity contribution in [2.75, 3.05) is 25.4 Å². The number of nitrogens with two attached hydrogens (primary N) is 1. The number of piperidine rings is 1. The summed E-state index contributed by atoms with van der Waals surface area (Å²) in [6, 6.07) is 14.4. The second-order valence-corrected chi connectivity index (χ2v) is 8.86. The number of anilines is 1. The van der Waals surface area contributed by atoms with Gasteiger partial charge in [-0.15, -0.1) is 0 Å². The molecule has 3 aromatic rings. The highest BCUT2D eigenvalue weighted by atomic mass is 16.1. The SMILES string of the molecule is C=C(/C=C\NCC)N=C(C)c1ccc(CN2CCC(n3c(=O)[nH]c4ccc(N)cc43)CC2)cc1. The summed E-state index contributed by atoms with van der Waals surface area (Å²) in [6.07, 6.45) is 5.63. The lowest BCUT2D eigenvalue weighted by Crippen LogP contribution is -2.36. The maximum absolute atomic E-state index is 12.6. The molecule has 2 heterocycles. The minimum absolute atomic E-state index is 0.0496. The van der Waals surface area contributed by atoms with Crippen molar-refractivity contribution in [3.63, 3.8) is 0 Å². The minimum atomic E-state index is -0.0496. The molecule has 1 aliphatic heterocycles. The van der Waals surface area contributed by atoms with Crippen LogP contribution in [0.4, 0.5) is 5.69 Å². The zero-order valence-corrected chi connectivity index (χ0v) is 20.1. The largest absolute Gasteiger partial charge is 0.399 e. The fraction of sp³-hybridized carbons (Fsp3) is 0.333. The van der Waals surface area contributed by atoms with Gasteiger partial charge in [-0.1, -0.05) is 30.8 Å². The van der Waals surface area contributed by atoms with Gasteiger partial charge in [0, 0.05) is 43.6 Å². The molecule has 1 saturated heterocycles. The molecule has 34 heavy (non-hydrogen) atoms. The third-order valence-corrected chi connectivity index (χ3v) is 6.35. The van der Waals surface area contributed by atoms with Crippen molar-refractivity contribution in [3.05, 3.63) is 88.6 Å². The van der Waals surface area contributed by atoms with Crippen molar-refractivity contribution in [3.8, 4) is 0 Å². The summed E-state index contributed by atoms with van der Waals surface area (Å²) in [5.74, 6) is 0. The van der Waals surface area contributed by atoms with E-state index in [4.69, 9.17) is 5.73 Å². The van der Waals surface area contributed by atoms with Crippen LogP contribution in [0.5, 0.6) is 0 Å². The Morgan fingerprint density at radius 3 is 2.68 bits per heavy atom. The molecule has 0 atom stereocenters. The highest BCUT2D eigenvalue weighted by Gasteiger charge is 2.23. The lowest BCUT2D eigenvalue weighted by atomic mass is 10.0. The summed E-state index contributed by atoms with van der Waals surface area (Å²) in [7, 11) is 0. The molecule has 1 fully saturated rings. The van der Waals surface area contributed by atoms with E-state index in [-0.39, 0.29) is 11.7 Å². The van der Waals surface area contributed by atoms with Crippen molar-refractivity contribution >= 4 is 22.4 Å². The van der Waals surface area contributed by atoms with Gasteiger partial charge in [-0.25, -0.2) is 4.79 Å². The standard InChI is InChI=1S/C27H34N6O/c1-4-29-14-11-19(2)30-20(3)22-7-5-21(6-8-22)18-32-15-12-24(13-16-32)33-26-17-23(28)9-10-25(26)31-27(33)34/h5-11,14,17,24,29H,2,4,12-13,15-16,18,28H2,1,3H3,(H,31,34)/b14-11-,30-20?. The molecule has 4 rings (SSSR count). The fourth-order valence-corrected chi connectivity index (χ4v) is 4.54. The summed E-state index contributed by atoms with van der Waals surface area (Å²) in [5, 5.41) is 3.12. The molecule has 0 saturated carbocycles.